The topological polar surface area (TPSA) is 56.5 Å². The fourth-order valence-electron chi connectivity index (χ4n) is 2.77. The standard InChI is InChI=1S/C16H20N2O3/c1-17-16-6-3-11-7-13(4-5-15(11)16)20-9-12-8-14(10-19-2)21-18-12/h4-5,7-8,16-17H,3,6,9-10H2,1-2H3. The van der Waals surface area contributed by atoms with E-state index >= 15 is 0 Å². The number of fused-ring (bicyclic) bond motifs is 1. The van der Waals surface area contributed by atoms with E-state index in [0.29, 0.717) is 25.0 Å². The van der Waals surface area contributed by atoms with E-state index in [9.17, 15) is 0 Å². The minimum Gasteiger partial charge on any atom is -0.487 e. The average molecular weight is 288 g/mol. The quantitative estimate of drug-likeness (QED) is 0.885. The van der Waals surface area contributed by atoms with Crippen LogP contribution in [0.25, 0.3) is 0 Å². The fourth-order valence-corrected chi connectivity index (χ4v) is 2.77. The molecule has 2 aromatic rings. The number of benzene rings is 1. The molecule has 0 saturated heterocycles. The van der Waals surface area contributed by atoms with Crippen LogP contribution >= 0.6 is 0 Å². The molecule has 3 rings (SSSR count). The lowest BCUT2D eigenvalue weighted by molar-refractivity contribution is 0.155. The lowest BCUT2D eigenvalue weighted by atomic mass is 10.1. The summed E-state index contributed by atoms with van der Waals surface area (Å²) in [7, 11) is 3.63. The maximum absolute atomic E-state index is 5.79. The van der Waals surface area contributed by atoms with Gasteiger partial charge in [-0.25, -0.2) is 0 Å². The molecule has 1 unspecified atom stereocenters. The predicted octanol–water partition coefficient (Wildman–Crippen LogP) is 2.61. The summed E-state index contributed by atoms with van der Waals surface area (Å²) in [5.41, 5.74) is 3.52. The number of hydrogen-bond donors (Lipinski definition) is 1. The number of aromatic nitrogens is 1. The molecule has 0 radical (unpaired) electrons. The highest BCUT2D eigenvalue weighted by molar-refractivity contribution is 5.40. The molecule has 5 nitrogen and oxygen atoms in total. The van der Waals surface area contributed by atoms with E-state index in [0.717, 1.165) is 24.3 Å². The first kappa shape index (κ1) is 14.1. The van der Waals surface area contributed by atoms with Crippen LogP contribution in [0, 0.1) is 0 Å². The second-order valence-corrected chi connectivity index (χ2v) is 5.25. The third-order valence-electron chi connectivity index (χ3n) is 3.82. The Hall–Kier alpha value is -1.85. The van der Waals surface area contributed by atoms with Gasteiger partial charge in [0.1, 0.15) is 24.7 Å². The zero-order valence-electron chi connectivity index (χ0n) is 12.4. The highest BCUT2D eigenvalue weighted by atomic mass is 16.5. The monoisotopic (exact) mass is 288 g/mol. The van der Waals surface area contributed by atoms with Crippen LogP contribution in [0.3, 0.4) is 0 Å². The maximum atomic E-state index is 5.79. The van der Waals surface area contributed by atoms with Gasteiger partial charge in [-0.1, -0.05) is 11.2 Å². The molecule has 0 spiro atoms. The summed E-state index contributed by atoms with van der Waals surface area (Å²) in [5, 5.41) is 7.29. The van der Waals surface area contributed by atoms with Crippen LogP contribution in [-0.4, -0.2) is 19.3 Å². The summed E-state index contributed by atoms with van der Waals surface area (Å²) in [6, 6.07) is 8.63. The molecule has 0 amide bonds. The molecule has 1 aliphatic rings. The number of nitrogens with zero attached hydrogens (tertiary/aromatic N) is 1. The van der Waals surface area contributed by atoms with Crippen LogP contribution in [0.5, 0.6) is 5.75 Å². The lowest BCUT2D eigenvalue weighted by Gasteiger charge is -2.11. The zero-order chi connectivity index (χ0) is 14.7. The van der Waals surface area contributed by atoms with Crippen LogP contribution in [0.4, 0.5) is 0 Å². The van der Waals surface area contributed by atoms with Gasteiger partial charge in [-0.05, 0) is 43.1 Å². The van der Waals surface area contributed by atoms with Crippen LogP contribution < -0.4 is 10.1 Å². The van der Waals surface area contributed by atoms with Gasteiger partial charge >= 0.3 is 0 Å². The van der Waals surface area contributed by atoms with E-state index in [1.165, 1.54) is 11.1 Å². The Morgan fingerprint density at radius 3 is 3.05 bits per heavy atom. The summed E-state index contributed by atoms with van der Waals surface area (Å²) >= 11 is 0. The van der Waals surface area contributed by atoms with Crippen molar-refractivity contribution in [2.75, 3.05) is 14.2 Å². The molecule has 0 aliphatic heterocycles. The van der Waals surface area contributed by atoms with Crippen molar-refractivity contribution in [1.29, 1.82) is 0 Å². The number of ether oxygens (including phenoxy) is 2. The van der Waals surface area contributed by atoms with Gasteiger partial charge in [0, 0.05) is 19.2 Å². The van der Waals surface area contributed by atoms with Crippen LogP contribution in [0.2, 0.25) is 0 Å². The molecule has 1 heterocycles. The van der Waals surface area contributed by atoms with E-state index in [1.807, 2.05) is 19.2 Å². The third-order valence-corrected chi connectivity index (χ3v) is 3.82. The molecule has 5 heteroatoms. The second kappa shape index (κ2) is 6.28. The van der Waals surface area contributed by atoms with Gasteiger partial charge in [-0.3, -0.25) is 0 Å². The number of hydrogen-bond acceptors (Lipinski definition) is 5. The molecular formula is C16H20N2O3. The normalized spacial score (nSPS) is 17.0. The SMILES string of the molecule is CNC1CCc2cc(OCc3cc(COC)on3)ccc21. The highest BCUT2D eigenvalue weighted by Crippen LogP contribution is 2.33. The van der Waals surface area contributed by atoms with Crippen molar-refractivity contribution in [2.45, 2.75) is 32.1 Å². The molecule has 0 fully saturated rings. The Kier molecular flexibility index (Phi) is 4.22. The van der Waals surface area contributed by atoms with Crippen molar-refractivity contribution in [3.8, 4) is 5.75 Å². The highest BCUT2D eigenvalue weighted by Gasteiger charge is 2.21. The van der Waals surface area contributed by atoms with Gasteiger partial charge in [0.2, 0.25) is 0 Å². The van der Waals surface area contributed by atoms with Crippen LogP contribution in [0.1, 0.15) is 35.0 Å². The molecule has 112 valence electrons. The van der Waals surface area contributed by atoms with Gasteiger partial charge in [-0.15, -0.1) is 0 Å². The maximum Gasteiger partial charge on any atom is 0.162 e. The lowest BCUT2D eigenvalue weighted by Crippen LogP contribution is -2.12. The summed E-state index contributed by atoms with van der Waals surface area (Å²) in [5.74, 6) is 1.59. The molecule has 1 aromatic heterocycles. The van der Waals surface area contributed by atoms with Crippen LogP contribution in [0.15, 0.2) is 28.8 Å². The molecule has 1 aromatic carbocycles. The average Bonchev–Trinajstić information content (AvgIpc) is 3.11. The Labute approximate surface area is 124 Å². The largest absolute Gasteiger partial charge is 0.487 e. The van der Waals surface area contributed by atoms with Gasteiger partial charge in [0.05, 0.1) is 0 Å². The van der Waals surface area contributed by atoms with E-state index in [4.69, 9.17) is 14.0 Å². The molecule has 21 heavy (non-hydrogen) atoms. The Bertz CT molecular complexity index is 609. The van der Waals surface area contributed by atoms with Crippen molar-refractivity contribution in [3.63, 3.8) is 0 Å². The zero-order valence-corrected chi connectivity index (χ0v) is 12.4. The van der Waals surface area contributed by atoms with Crippen molar-refractivity contribution in [1.82, 2.24) is 10.5 Å². The van der Waals surface area contributed by atoms with E-state index < -0.39 is 0 Å². The van der Waals surface area contributed by atoms with Crippen molar-refractivity contribution < 1.29 is 14.0 Å². The number of methoxy groups -OCH3 is 1. The number of nitrogens with one attached hydrogen (secondary N) is 1. The molecule has 1 aliphatic carbocycles. The van der Waals surface area contributed by atoms with Gasteiger partial charge in [0.25, 0.3) is 0 Å². The molecule has 0 saturated carbocycles. The molecule has 1 atom stereocenters. The van der Waals surface area contributed by atoms with E-state index in [-0.39, 0.29) is 0 Å². The first-order valence-electron chi connectivity index (χ1n) is 7.16. The summed E-state index contributed by atoms with van der Waals surface area (Å²) < 4.78 is 15.9. The minimum atomic E-state index is 0.404. The van der Waals surface area contributed by atoms with E-state index in [1.54, 1.807) is 7.11 Å². The number of aryl methyl sites for hydroxylation is 1. The number of rotatable bonds is 6. The fraction of sp³-hybridized carbons (Fsp3) is 0.438. The predicted molar refractivity (Wildman–Crippen MR) is 78.1 cm³/mol. The third kappa shape index (κ3) is 3.09. The Balaban J connectivity index is 1.63. The summed E-state index contributed by atoms with van der Waals surface area (Å²) in [6.45, 7) is 0.832. The summed E-state index contributed by atoms with van der Waals surface area (Å²) in [6.07, 6.45) is 2.25. The van der Waals surface area contributed by atoms with Crippen molar-refractivity contribution in [2.24, 2.45) is 0 Å². The van der Waals surface area contributed by atoms with E-state index in [2.05, 4.69) is 22.6 Å². The molecule has 0 bridgehead atoms. The first-order chi connectivity index (χ1) is 10.3. The first-order valence-corrected chi connectivity index (χ1v) is 7.16. The van der Waals surface area contributed by atoms with Crippen molar-refractivity contribution >= 4 is 0 Å². The summed E-state index contributed by atoms with van der Waals surface area (Å²) in [4.78, 5) is 0. The van der Waals surface area contributed by atoms with Crippen molar-refractivity contribution in [3.05, 3.63) is 46.8 Å². The molecule has 1 N–H and O–H groups in total. The van der Waals surface area contributed by atoms with Crippen LogP contribution in [-0.2, 0) is 24.4 Å². The molecular weight excluding hydrogens is 268 g/mol. The van der Waals surface area contributed by atoms with Gasteiger partial charge in [-0.2, -0.15) is 0 Å². The second-order valence-electron chi connectivity index (χ2n) is 5.25. The van der Waals surface area contributed by atoms with Gasteiger partial charge in [0.15, 0.2) is 5.76 Å². The Morgan fingerprint density at radius 1 is 1.33 bits per heavy atom. The minimum absolute atomic E-state index is 0.404. The van der Waals surface area contributed by atoms with Gasteiger partial charge < -0.3 is 19.3 Å². The smallest absolute Gasteiger partial charge is 0.162 e. The Morgan fingerprint density at radius 2 is 2.24 bits per heavy atom.